The maximum absolute atomic E-state index is 12.2. The molecule has 0 saturated carbocycles. The number of anilines is 1. The zero-order valence-corrected chi connectivity index (χ0v) is 13.0. The number of benzene rings is 1. The maximum atomic E-state index is 12.2. The molecule has 3 rings (SSSR count). The molecule has 2 aromatic rings. The number of ether oxygens (including phenoxy) is 2. The summed E-state index contributed by atoms with van der Waals surface area (Å²) < 4.78 is 16.2. The molecule has 0 fully saturated rings. The molecule has 5 nitrogen and oxygen atoms in total. The van der Waals surface area contributed by atoms with E-state index < -0.39 is 0 Å². The van der Waals surface area contributed by atoms with Crippen LogP contribution < -0.4 is 14.8 Å². The quantitative estimate of drug-likeness (QED) is 0.916. The van der Waals surface area contributed by atoms with Crippen LogP contribution in [0, 0.1) is 0 Å². The lowest BCUT2D eigenvalue weighted by Crippen LogP contribution is -2.23. The van der Waals surface area contributed by atoms with E-state index in [1.165, 1.54) is 11.8 Å². The summed E-state index contributed by atoms with van der Waals surface area (Å²) in [5, 5.41) is 2.71. The van der Waals surface area contributed by atoms with Crippen molar-refractivity contribution >= 4 is 23.4 Å². The molecule has 116 valence electrons. The minimum absolute atomic E-state index is 0.0479. The van der Waals surface area contributed by atoms with Crippen LogP contribution in [0.3, 0.4) is 0 Å². The molecule has 6 heteroatoms. The number of fused-ring (bicyclic) bond motifs is 1. The van der Waals surface area contributed by atoms with Crippen molar-refractivity contribution in [2.24, 2.45) is 0 Å². The van der Waals surface area contributed by atoms with Gasteiger partial charge < -0.3 is 19.2 Å². The second-order valence-corrected chi connectivity index (χ2v) is 6.21. The fourth-order valence-electron chi connectivity index (χ4n) is 2.04. The second-order valence-electron chi connectivity index (χ2n) is 4.88. The number of hydrogen-bond acceptors (Lipinski definition) is 5. The molecule has 1 amide bonds. The Hall–Kier alpha value is -2.08. The zero-order chi connectivity index (χ0) is 15.4. The van der Waals surface area contributed by atoms with E-state index in [1.807, 2.05) is 31.2 Å². The highest BCUT2D eigenvalue weighted by Crippen LogP contribution is 2.32. The van der Waals surface area contributed by atoms with Crippen LogP contribution in [0.4, 0.5) is 5.69 Å². The summed E-state index contributed by atoms with van der Waals surface area (Å²) in [5.74, 6) is 2.87. The zero-order valence-electron chi connectivity index (χ0n) is 12.2. The molecule has 0 saturated heterocycles. The highest BCUT2D eigenvalue weighted by atomic mass is 32.2. The molecule has 0 spiro atoms. The van der Waals surface area contributed by atoms with Crippen LogP contribution in [0.2, 0.25) is 0 Å². The molecule has 1 N–H and O–H groups in total. The Morgan fingerprint density at radius 2 is 2.09 bits per heavy atom. The Morgan fingerprint density at radius 1 is 1.27 bits per heavy atom. The predicted molar refractivity (Wildman–Crippen MR) is 85.5 cm³/mol. The van der Waals surface area contributed by atoms with Crippen LogP contribution in [0.1, 0.15) is 12.7 Å². The van der Waals surface area contributed by atoms with E-state index in [2.05, 4.69) is 5.32 Å². The molecule has 1 aromatic carbocycles. The van der Waals surface area contributed by atoms with Crippen LogP contribution in [0.15, 0.2) is 41.0 Å². The normalized spacial score (nSPS) is 14.4. The number of thioether (sulfide) groups is 1. The third-order valence-electron chi connectivity index (χ3n) is 3.23. The van der Waals surface area contributed by atoms with Gasteiger partial charge in [-0.05, 0) is 31.2 Å². The predicted octanol–water partition coefficient (Wildman–Crippen LogP) is 3.31. The summed E-state index contributed by atoms with van der Waals surface area (Å²) in [6, 6.07) is 9.16. The van der Waals surface area contributed by atoms with Gasteiger partial charge in [0.2, 0.25) is 5.91 Å². The van der Waals surface area contributed by atoms with Crippen molar-refractivity contribution in [2.75, 3.05) is 18.5 Å². The lowest BCUT2D eigenvalue weighted by atomic mass is 10.2. The van der Waals surface area contributed by atoms with Crippen LogP contribution in [-0.4, -0.2) is 24.4 Å². The van der Waals surface area contributed by atoms with E-state index >= 15 is 0 Å². The van der Waals surface area contributed by atoms with Gasteiger partial charge in [0, 0.05) is 11.8 Å². The number of amides is 1. The van der Waals surface area contributed by atoms with Crippen molar-refractivity contribution < 1.29 is 18.7 Å². The van der Waals surface area contributed by atoms with E-state index in [9.17, 15) is 4.79 Å². The third-order valence-corrected chi connectivity index (χ3v) is 4.40. The number of nitrogens with one attached hydrogen (secondary N) is 1. The Balaban J connectivity index is 1.56. The van der Waals surface area contributed by atoms with E-state index in [-0.39, 0.29) is 11.2 Å². The van der Waals surface area contributed by atoms with Crippen molar-refractivity contribution in [2.45, 2.75) is 17.9 Å². The molecule has 0 bridgehead atoms. The van der Waals surface area contributed by atoms with Gasteiger partial charge in [-0.1, -0.05) is 0 Å². The lowest BCUT2D eigenvalue weighted by Gasteiger charge is -2.19. The molecule has 1 unspecified atom stereocenters. The SMILES string of the molecule is CC(SCc1ccco1)C(=O)Nc1ccc2c(c1)OCCO2. The first kappa shape index (κ1) is 14.8. The molecule has 0 aliphatic carbocycles. The minimum atomic E-state index is -0.182. The first-order valence-corrected chi connectivity index (χ1v) is 8.12. The largest absolute Gasteiger partial charge is 0.486 e. The van der Waals surface area contributed by atoms with Crippen LogP contribution in [0.5, 0.6) is 11.5 Å². The summed E-state index contributed by atoms with van der Waals surface area (Å²) in [6.07, 6.45) is 1.63. The standard InChI is InChI=1S/C16H17NO4S/c1-11(22-10-13-3-2-6-19-13)16(18)17-12-4-5-14-15(9-12)21-8-7-20-14/h2-6,9,11H,7-8,10H2,1H3,(H,17,18). The average molecular weight is 319 g/mol. The molecular weight excluding hydrogens is 302 g/mol. The minimum Gasteiger partial charge on any atom is -0.486 e. The average Bonchev–Trinajstić information content (AvgIpc) is 3.06. The number of carbonyl (C=O) groups excluding carboxylic acids is 1. The summed E-state index contributed by atoms with van der Waals surface area (Å²) in [6.45, 7) is 2.96. The fraction of sp³-hybridized carbons (Fsp3) is 0.312. The van der Waals surface area contributed by atoms with Gasteiger partial charge in [-0.2, -0.15) is 0 Å². The van der Waals surface area contributed by atoms with Gasteiger partial charge in [-0.25, -0.2) is 0 Å². The molecule has 1 aliphatic rings. The third kappa shape index (κ3) is 3.57. The Morgan fingerprint density at radius 3 is 2.86 bits per heavy atom. The Bertz CT molecular complexity index is 642. The van der Waals surface area contributed by atoms with Crippen molar-refractivity contribution in [1.82, 2.24) is 0 Å². The van der Waals surface area contributed by atoms with Crippen molar-refractivity contribution in [3.05, 3.63) is 42.4 Å². The smallest absolute Gasteiger partial charge is 0.237 e. The van der Waals surface area contributed by atoms with Gasteiger partial charge in [0.15, 0.2) is 11.5 Å². The van der Waals surface area contributed by atoms with Crippen molar-refractivity contribution in [1.29, 1.82) is 0 Å². The van der Waals surface area contributed by atoms with Gasteiger partial charge in [-0.3, -0.25) is 4.79 Å². The van der Waals surface area contributed by atoms with Gasteiger partial charge in [0.1, 0.15) is 19.0 Å². The molecule has 1 aliphatic heterocycles. The summed E-state index contributed by atoms with van der Waals surface area (Å²) in [5.41, 5.74) is 0.708. The maximum Gasteiger partial charge on any atom is 0.237 e. The first-order valence-electron chi connectivity index (χ1n) is 7.07. The van der Waals surface area contributed by atoms with Gasteiger partial charge in [0.25, 0.3) is 0 Å². The van der Waals surface area contributed by atoms with Crippen LogP contribution >= 0.6 is 11.8 Å². The monoisotopic (exact) mass is 319 g/mol. The van der Waals surface area contributed by atoms with Gasteiger partial charge in [-0.15, -0.1) is 11.8 Å². The molecule has 1 aromatic heterocycles. The van der Waals surface area contributed by atoms with Crippen molar-refractivity contribution in [3.63, 3.8) is 0 Å². The topological polar surface area (TPSA) is 60.7 Å². The van der Waals surface area contributed by atoms with Crippen LogP contribution in [0.25, 0.3) is 0 Å². The number of hydrogen-bond donors (Lipinski definition) is 1. The van der Waals surface area contributed by atoms with Crippen LogP contribution in [-0.2, 0) is 10.5 Å². The molecule has 22 heavy (non-hydrogen) atoms. The number of rotatable bonds is 5. The molecule has 0 radical (unpaired) electrons. The number of furan rings is 1. The van der Waals surface area contributed by atoms with E-state index in [0.29, 0.717) is 36.2 Å². The van der Waals surface area contributed by atoms with E-state index in [0.717, 1.165) is 5.76 Å². The lowest BCUT2D eigenvalue weighted by molar-refractivity contribution is -0.115. The molecule has 1 atom stereocenters. The first-order chi connectivity index (χ1) is 10.7. The number of carbonyl (C=O) groups is 1. The Labute approximate surface area is 133 Å². The summed E-state index contributed by atoms with van der Waals surface area (Å²) >= 11 is 1.53. The fourth-order valence-corrected chi connectivity index (χ4v) is 2.83. The van der Waals surface area contributed by atoms with Gasteiger partial charge >= 0.3 is 0 Å². The second kappa shape index (κ2) is 6.79. The summed E-state index contributed by atoms with van der Waals surface area (Å²) in [7, 11) is 0. The van der Waals surface area contributed by atoms with E-state index in [1.54, 1.807) is 12.3 Å². The molecule has 2 heterocycles. The van der Waals surface area contributed by atoms with Gasteiger partial charge in [0.05, 0.1) is 17.3 Å². The van der Waals surface area contributed by atoms with Crippen molar-refractivity contribution in [3.8, 4) is 11.5 Å². The summed E-state index contributed by atoms with van der Waals surface area (Å²) in [4.78, 5) is 12.2. The highest BCUT2D eigenvalue weighted by Gasteiger charge is 2.16. The van der Waals surface area contributed by atoms with E-state index in [4.69, 9.17) is 13.9 Å². The Kier molecular flexibility index (Phi) is 4.58. The highest BCUT2D eigenvalue weighted by molar-refractivity contribution is 7.99. The molecular formula is C16H17NO4S.